The van der Waals surface area contributed by atoms with Crippen molar-refractivity contribution in [1.82, 2.24) is 0 Å². The van der Waals surface area contributed by atoms with E-state index in [0.717, 1.165) is 5.75 Å². The molecule has 18 heavy (non-hydrogen) atoms. The van der Waals surface area contributed by atoms with Gasteiger partial charge in [0.1, 0.15) is 11.5 Å². The molecule has 0 saturated heterocycles. The van der Waals surface area contributed by atoms with Crippen molar-refractivity contribution in [2.75, 3.05) is 0 Å². The molecular formula is C14H22O3Si. The SMILES string of the molecule is CC(=O)Oc1cccc(O[Si](C)(C)C(C)(C)C)c1. The van der Waals surface area contributed by atoms with Crippen molar-refractivity contribution in [1.29, 1.82) is 0 Å². The largest absolute Gasteiger partial charge is 0.543 e. The Hall–Kier alpha value is -1.29. The minimum Gasteiger partial charge on any atom is -0.543 e. The van der Waals surface area contributed by atoms with Gasteiger partial charge in [0.15, 0.2) is 0 Å². The smallest absolute Gasteiger partial charge is 0.308 e. The number of hydrogen-bond acceptors (Lipinski definition) is 3. The lowest BCUT2D eigenvalue weighted by Gasteiger charge is -2.36. The Morgan fingerprint density at radius 2 is 1.72 bits per heavy atom. The first kappa shape index (κ1) is 14.8. The lowest BCUT2D eigenvalue weighted by atomic mass is 10.2. The monoisotopic (exact) mass is 266 g/mol. The summed E-state index contributed by atoms with van der Waals surface area (Å²) < 4.78 is 11.2. The summed E-state index contributed by atoms with van der Waals surface area (Å²) in [6.45, 7) is 12.3. The molecule has 100 valence electrons. The zero-order chi connectivity index (χ0) is 14.0. The van der Waals surface area contributed by atoms with Crippen molar-refractivity contribution in [2.24, 2.45) is 0 Å². The van der Waals surface area contributed by atoms with Gasteiger partial charge in [-0.2, -0.15) is 0 Å². The Balaban J connectivity index is 2.89. The first-order chi connectivity index (χ1) is 8.12. The van der Waals surface area contributed by atoms with Crippen LogP contribution in [0.4, 0.5) is 0 Å². The van der Waals surface area contributed by atoms with E-state index in [0.29, 0.717) is 5.75 Å². The van der Waals surface area contributed by atoms with Crippen LogP contribution in [-0.4, -0.2) is 14.3 Å². The molecule has 4 heteroatoms. The van der Waals surface area contributed by atoms with E-state index in [9.17, 15) is 4.79 Å². The van der Waals surface area contributed by atoms with E-state index in [1.54, 1.807) is 12.1 Å². The van der Waals surface area contributed by atoms with Gasteiger partial charge in [0.2, 0.25) is 8.32 Å². The number of ether oxygens (including phenoxy) is 1. The third-order valence-electron chi connectivity index (χ3n) is 3.25. The highest BCUT2D eigenvalue weighted by Gasteiger charge is 2.38. The molecular weight excluding hydrogens is 244 g/mol. The van der Waals surface area contributed by atoms with E-state index in [1.165, 1.54) is 6.92 Å². The summed E-state index contributed by atoms with van der Waals surface area (Å²) in [6.07, 6.45) is 0. The van der Waals surface area contributed by atoms with Gasteiger partial charge >= 0.3 is 5.97 Å². The Morgan fingerprint density at radius 3 is 2.22 bits per heavy atom. The van der Waals surface area contributed by atoms with Crippen molar-refractivity contribution >= 4 is 14.3 Å². The van der Waals surface area contributed by atoms with E-state index in [1.807, 2.05) is 12.1 Å². The van der Waals surface area contributed by atoms with Crippen LogP contribution < -0.4 is 9.16 Å². The van der Waals surface area contributed by atoms with Crippen molar-refractivity contribution in [3.8, 4) is 11.5 Å². The van der Waals surface area contributed by atoms with Gasteiger partial charge in [0, 0.05) is 13.0 Å². The summed E-state index contributed by atoms with van der Waals surface area (Å²) in [5, 5.41) is 0.143. The fourth-order valence-electron chi connectivity index (χ4n) is 1.21. The molecule has 0 aromatic heterocycles. The Labute approximate surface area is 110 Å². The average molecular weight is 266 g/mol. The van der Waals surface area contributed by atoms with Gasteiger partial charge in [-0.3, -0.25) is 4.79 Å². The molecule has 0 aliphatic carbocycles. The predicted molar refractivity (Wildman–Crippen MR) is 75.6 cm³/mol. The normalized spacial score (nSPS) is 12.1. The van der Waals surface area contributed by atoms with Crippen LogP contribution in [0.25, 0.3) is 0 Å². The molecule has 1 aromatic rings. The van der Waals surface area contributed by atoms with Gasteiger partial charge in [-0.05, 0) is 30.3 Å². The minimum absolute atomic E-state index is 0.143. The minimum atomic E-state index is -1.85. The molecule has 0 aliphatic rings. The van der Waals surface area contributed by atoms with Crippen molar-refractivity contribution in [3.05, 3.63) is 24.3 Å². The fourth-order valence-corrected chi connectivity index (χ4v) is 2.24. The van der Waals surface area contributed by atoms with Crippen LogP contribution in [0.1, 0.15) is 27.7 Å². The maximum Gasteiger partial charge on any atom is 0.308 e. The summed E-state index contributed by atoms with van der Waals surface area (Å²) in [7, 11) is -1.85. The zero-order valence-electron chi connectivity index (χ0n) is 12.0. The Morgan fingerprint density at radius 1 is 1.17 bits per heavy atom. The van der Waals surface area contributed by atoms with Crippen LogP contribution in [0.2, 0.25) is 18.1 Å². The zero-order valence-corrected chi connectivity index (χ0v) is 13.0. The lowest BCUT2D eigenvalue weighted by molar-refractivity contribution is -0.131. The number of carbonyl (C=O) groups excluding carboxylic acids is 1. The molecule has 1 rings (SSSR count). The van der Waals surface area contributed by atoms with Gasteiger partial charge < -0.3 is 9.16 Å². The van der Waals surface area contributed by atoms with Crippen LogP contribution in [-0.2, 0) is 4.79 Å². The quantitative estimate of drug-likeness (QED) is 0.471. The van der Waals surface area contributed by atoms with Crippen LogP contribution in [0, 0.1) is 0 Å². The molecule has 3 nitrogen and oxygen atoms in total. The topological polar surface area (TPSA) is 35.5 Å². The summed E-state index contributed by atoms with van der Waals surface area (Å²) in [5.74, 6) is 0.971. The highest BCUT2D eigenvalue weighted by molar-refractivity contribution is 6.74. The standard InChI is InChI=1S/C14H22O3Si/c1-11(15)16-12-8-7-9-13(10-12)17-18(5,6)14(2,3)4/h7-10H,1-6H3. The van der Waals surface area contributed by atoms with E-state index in [2.05, 4.69) is 33.9 Å². The molecule has 0 saturated carbocycles. The number of benzene rings is 1. The first-order valence-electron chi connectivity index (χ1n) is 6.09. The van der Waals surface area contributed by atoms with Gasteiger partial charge in [-0.15, -0.1) is 0 Å². The van der Waals surface area contributed by atoms with Crippen LogP contribution in [0.3, 0.4) is 0 Å². The van der Waals surface area contributed by atoms with Crippen molar-refractivity contribution in [2.45, 2.75) is 45.8 Å². The summed E-state index contributed by atoms with van der Waals surface area (Å²) in [6, 6.07) is 7.25. The highest BCUT2D eigenvalue weighted by atomic mass is 28.4. The number of esters is 1. The summed E-state index contributed by atoms with van der Waals surface area (Å²) in [4.78, 5) is 10.9. The fraction of sp³-hybridized carbons (Fsp3) is 0.500. The number of rotatable bonds is 3. The van der Waals surface area contributed by atoms with Crippen LogP contribution in [0.15, 0.2) is 24.3 Å². The van der Waals surface area contributed by atoms with E-state index < -0.39 is 8.32 Å². The molecule has 0 heterocycles. The van der Waals surface area contributed by atoms with Gasteiger partial charge in [0.25, 0.3) is 0 Å². The average Bonchev–Trinajstić information content (AvgIpc) is 2.14. The highest BCUT2D eigenvalue weighted by Crippen LogP contribution is 2.37. The molecule has 0 spiro atoms. The first-order valence-corrected chi connectivity index (χ1v) is 9.00. The van der Waals surface area contributed by atoms with Crippen LogP contribution >= 0.6 is 0 Å². The van der Waals surface area contributed by atoms with Crippen molar-refractivity contribution in [3.63, 3.8) is 0 Å². The molecule has 0 aliphatic heterocycles. The van der Waals surface area contributed by atoms with Gasteiger partial charge in [-0.25, -0.2) is 0 Å². The maximum atomic E-state index is 10.9. The maximum absolute atomic E-state index is 10.9. The third-order valence-corrected chi connectivity index (χ3v) is 7.60. The molecule has 1 aromatic carbocycles. The molecule has 0 unspecified atom stereocenters. The van der Waals surface area contributed by atoms with Gasteiger partial charge in [0.05, 0.1) is 0 Å². The van der Waals surface area contributed by atoms with E-state index in [-0.39, 0.29) is 11.0 Å². The Bertz CT molecular complexity index is 433. The molecule has 0 atom stereocenters. The second-order valence-corrected chi connectivity index (χ2v) is 10.7. The van der Waals surface area contributed by atoms with Crippen LogP contribution in [0.5, 0.6) is 11.5 Å². The molecule has 0 radical (unpaired) electrons. The predicted octanol–water partition coefficient (Wildman–Crippen LogP) is 4.00. The van der Waals surface area contributed by atoms with Crippen molar-refractivity contribution < 1.29 is 14.0 Å². The van der Waals surface area contributed by atoms with Gasteiger partial charge in [-0.1, -0.05) is 26.8 Å². The van der Waals surface area contributed by atoms with E-state index in [4.69, 9.17) is 9.16 Å². The molecule has 0 N–H and O–H groups in total. The number of carbonyl (C=O) groups is 1. The second kappa shape index (κ2) is 5.14. The van der Waals surface area contributed by atoms with E-state index >= 15 is 0 Å². The summed E-state index contributed by atoms with van der Waals surface area (Å²) in [5.41, 5.74) is 0. The molecule has 0 fully saturated rings. The molecule has 0 amide bonds. The lowest BCUT2D eigenvalue weighted by Crippen LogP contribution is -2.43. The second-order valence-electron chi connectivity index (χ2n) is 5.93. The molecule has 0 bridgehead atoms. The summed E-state index contributed by atoms with van der Waals surface area (Å²) >= 11 is 0. The number of hydrogen-bond donors (Lipinski definition) is 0. The Kier molecular flexibility index (Phi) is 4.22. The third kappa shape index (κ3) is 3.87.